The molecule has 1 aromatic rings. The second-order valence-electron chi connectivity index (χ2n) is 5.42. The van der Waals surface area contributed by atoms with Gasteiger partial charge in [-0.25, -0.2) is 4.79 Å². The third-order valence-corrected chi connectivity index (χ3v) is 3.30. The zero-order valence-corrected chi connectivity index (χ0v) is 11.4. The van der Waals surface area contributed by atoms with Crippen LogP contribution in [0, 0.1) is 11.8 Å². The maximum absolute atomic E-state index is 12.3. The van der Waals surface area contributed by atoms with Crippen LogP contribution in [-0.2, 0) is 11.3 Å². The van der Waals surface area contributed by atoms with Crippen LogP contribution in [0.5, 0.6) is 0 Å². The molecular formula is C15H20N2O2. The molecule has 0 bridgehead atoms. The Hall–Kier alpha value is -1.84. The van der Waals surface area contributed by atoms with Gasteiger partial charge in [0.1, 0.15) is 0 Å². The van der Waals surface area contributed by atoms with Gasteiger partial charge in [0.25, 0.3) is 0 Å². The van der Waals surface area contributed by atoms with E-state index in [1.807, 2.05) is 30.3 Å². The van der Waals surface area contributed by atoms with Gasteiger partial charge in [-0.1, -0.05) is 44.2 Å². The third-order valence-electron chi connectivity index (χ3n) is 3.30. The van der Waals surface area contributed by atoms with Gasteiger partial charge < -0.3 is 5.32 Å². The topological polar surface area (TPSA) is 49.4 Å². The Morgan fingerprint density at radius 2 is 1.95 bits per heavy atom. The van der Waals surface area contributed by atoms with Crippen LogP contribution in [0.2, 0.25) is 0 Å². The zero-order chi connectivity index (χ0) is 13.8. The first kappa shape index (κ1) is 13.6. The average molecular weight is 260 g/mol. The van der Waals surface area contributed by atoms with E-state index in [2.05, 4.69) is 19.2 Å². The number of imide groups is 1. The first-order valence-corrected chi connectivity index (χ1v) is 6.71. The van der Waals surface area contributed by atoms with Gasteiger partial charge >= 0.3 is 6.03 Å². The van der Waals surface area contributed by atoms with E-state index >= 15 is 0 Å². The second-order valence-corrected chi connectivity index (χ2v) is 5.42. The molecule has 19 heavy (non-hydrogen) atoms. The minimum atomic E-state index is -0.283. The van der Waals surface area contributed by atoms with Gasteiger partial charge in [0.15, 0.2) is 0 Å². The van der Waals surface area contributed by atoms with Crippen molar-refractivity contribution >= 4 is 11.9 Å². The lowest BCUT2D eigenvalue weighted by Crippen LogP contribution is -2.54. The minimum absolute atomic E-state index is 0.0543. The van der Waals surface area contributed by atoms with E-state index in [9.17, 15) is 9.59 Å². The van der Waals surface area contributed by atoms with Crippen LogP contribution >= 0.6 is 0 Å². The summed E-state index contributed by atoms with van der Waals surface area (Å²) in [6.45, 7) is 4.98. The van der Waals surface area contributed by atoms with Gasteiger partial charge in [-0.15, -0.1) is 0 Å². The predicted octanol–water partition coefficient (Wildman–Crippen LogP) is 2.40. The predicted molar refractivity (Wildman–Crippen MR) is 73.3 cm³/mol. The van der Waals surface area contributed by atoms with Crippen molar-refractivity contribution in [3.05, 3.63) is 35.9 Å². The number of hydrogen-bond donors (Lipinski definition) is 1. The highest BCUT2D eigenvalue weighted by molar-refractivity contribution is 5.98. The first-order valence-electron chi connectivity index (χ1n) is 6.71. The molecule has 0 saturated carbocycles. The van der Waals surface area contributed by atoms with E-state index in [-0.39, 0.29) is 17.9 Å². The maximum Gasteiger partial charge on any atom is 0.324 e. The Balaban J connectivity index is 2.09. The number of urea groups is 1. The molecule has 1 aromatic carbocycles. The molecule has 1 heterocycles. The Kier molecular flexibility index (Phi) is 4.20. The van der Waals surface area contributed by atoms with Gasteiger partial charge in [-0.05, 0) is 17.9 Å². The summed E-state index contributed by atoms with van der Waals surface area (Å²) in [6, 6.07) is 9.30. The summed E-state index contributed by atoms with van der Waals surface area (Å²) in [6.07, 6.45) is 0.810. The van der Waals surface area contributed by atoms with Crippen molar-refractivity contribution < 1.29 is 9.59 Å². The summed E-state index contributed by atoms with van der Waals surface area (Å²) < 4.78 is 0. The fourth-order valence-corrected chi connectivity index (χ4v) is 2.38. The van der Waals surface area contributed by atoms with Crippen molar-refractivity contribution in [2.24, 2.45) is 11.8 Å². The minimum Gasteiger partial charge on any atom is -0.337 e. The lowest BCUT2D eigenvalue weighted by molar-refractivity contribution is -0.134. The molecule has 3 amide bonds. The Labute approximate surface area is 113 Å². The van der Waals surface area contributed by atoms with Crippen LogP contribution < -0.4 is 5.32 Å². The van der Waals surface area contributed by atoms with Gasteiger partial charge in [-0.3, -0.25) is 9.69 Å². The number of hydrogen-bond acceptors (Lipinski definition) is 2. The molecule has 4 nitrogen and oxygen atoms in total. The highest BCUT2D eigenvalue weighted by Gasteiger charge is 2.34. The molecule has 2 rings (SSSR count). The number of carbonyl (C=O) groups is 2. The Morgan fingerprint density at radius 1 is 1.26 bits per heavy atom. The van der Waals surface area contributed by atoms with Crippen LogP contribution in [-0.4, -0.2) is 23.4 Å². The number of nitrogens with zero attached hydrogens (tertiary/aromatic N) is 1. The van der Waals surface area contributed by atoms with E-state index in [4.69, 9.17) is 0 Å². The van der Waals surface area contributed by atoms with Crippen molar-refractivity contribution in [1.82, 2.24) is 10.2 Å². The molecule has 1 N–H and O–H groups in total. The molecule has 4 heteroatoms. The second kappa shape index (κ2) is 5.87. The number of nitrogens with one attached hydrogen (secondary N) is 1. The smallest absolute Gasteiger partial charge is 0.324 e. The number of carbonyl (C=O) groups excluding carboxylic acids is 2. The molecule has 1 unspecified atom stereocenters. The molecule has 1 saturated heterocycles. The molecule has 0 aromatic heterocycles. The lowest BCUT2D eigenvalue weighted by atomic mass is 9.94. The van der Waals surface area contributed by atoms with Crippen molar-refractivity contribution in [2.75, 3.05) is 6.54 Å². The van der Waals surface area contributed by atoms with Gasteiger partial charge in [-0.2, -0.15) is 0 Å². The van der Waals surface area contributed by atoms with Crippen molar-refractivity contribution in [3.8, 4) is 0 Å². The van der Waals surface area contributed by atoms with Crippen LogP contribution in [0.3, 0.4) is 0 Å². The molecule has 1 fully saturated rings. The molecule has 0 radical (unpaired) electrons. The van der Waals surface area contributed by atoms with Crippen molar-refractivity contribution in [3.63, 3.8) is 0 Å². The van der Waals surface area contributed by atoms with Crippen LogP contribution in [0.15, 0.2) is 30.3 Å². The fourth-order valence-electron chi connectivity index (χ4n) is 2.38. The van der Waals surface area contributed by atoms with Crippen molar-refractivity contribution in [2.45, 2.75) is 26.8 Å². The third kappa shape index (κ3) is 3.34. The number of rotatable bonds is 4. The Morgan fingerprint density at radius 3 is 2.58 bits per heavy atom. The largest absolute Gasteiger partial charge is 0.337 e. The molecule has 102 valence electrons. The maximum atomic E-state index is 12.3. The van der Waals surface area contributed by atoms with Crippen LogP contribution in [0.4, 0.5) is 4.79 Å². The molecule has 1 atom stereocenters. The fraction of sp³-hybridized carbons (Fsp3) is 0.467. The van der Waals surface area contributed by atoms with Crippen LogP contribution in [0.1, 0.15) is 25.8 Å². The van der Waals surface area contributed by atoms with Gasteiger partial charge in [0.05, 0.1) is 12.5 Å². The summed E-state index contributed by atoms with van der Waals surface area (Å²) >= 11 is 0. The van der Waals surface area contributed by atoms with E-state index < -0.39 is 0 Å². The van der Waals surface area contributed by atoms with E-state index in [0.29, 0.717) is 19.0 Å². The molecular weight excluding hydrogens is 240 g/mol. The summed E-state index contributed by atoms with van der Waals surface area (Å²) in [4.78, 5) is 25.5. The molecule has 0 aliphatic carbocycles. The quantitative estimate of drug-likeness (QED) is 0.903. The first-order chi connectivity index (χ1) is 9.08. The summed E-state index contributed by atoms with van der Waals surface area (Å²) in [5.41, 5.74) is 0.969. The highest BCUT2D eigenvalue weighted by atomic mass is 16.2. The number of amides is 3. The zero-order valence-electron chi connectivity index (χ0n) is 11.4. The summed E-state index contributed by atoms with van der Waals surface area (Å²) in [5, 5.41) is 2.80. The normalized spacial score (nSPS) is 19.7. The van der Waals surface area contributed by atoms with Gasteiger partial charge in [0, 0.05) is 6.54 Å². The van der Waals surface area contributed by atoms with E-state index in [0.717, 1.165) is 12.0 Å². The summed E-state index contributed by atoms with van der Waals surface area (Å²) in [7, 11) is 0. The monoisotopic (exact) mass is 260 g/mol. The van der Waals surface area contributed by atoms with E-state index in [1.54, 1.807) is 0 Å². The van der Waals surface area contributed by atoms with Crippen LogP contribution in [0.25, 0.3) is 0 Å². The van der Waals surface area contributed by atoms with Crippen molar-refractivity contribution in [1.29, 1.82) is 0 Å². The average Bonchev–Trinajstić information content (AvgIpc) is 2.39. The molecule has 1 aliphatic rings. The van der Waals surface area contributed by atoms with E-state index in [1.165, 1.54) is 4.90 Å². The molecule has 0 spiro atoms. The van der Waals surface area contributed by atoms with Gasteiger partial charge in [0.2, 0.25) is 5.91 Å². The summed E-state index contributed by atoms with van der Waals surface area (Å²) in [5.74, 6) is 0.297. The standard InChI is InChI=1S/C15H20N2O2/c1-11(2)8-13-9-16-15(19)17(14(13)18)10-12-6-4-3-5-7-12/h3-7,11,13H,8-10H2,1-2H3,(H,16,19). The Bertz CT molecular complexity index is 456. The SMILES string of the molecule is CC(C)CC1CNC(=O)N(Cc2ccccc2)C1=O. The molecule has 1 aliphatic heterocycles. The lowest BCUT2D eigenvalue weighted by Gasteiger charge is -2.32. The highest BCUT2D eigenvalue weighted by Crippen LogP contribution is 2.19. The number of benzene rings is 1.